The van der Waals surface area contributed by atoms with Gasteiger partial charge >= 0.3 is 37.4 Å². The van der Waals surface area contributed by atoms with Crippen molar-refractivity contribution < 1.29 is 64.4 Å². The van der Waals surface area contributed by atoms with E-state index in [1.54, 1.807) is 0 Å². The van der Waals surface area contributed by atoms with Crippen LogP contribution in [0, 0.1) is 0 Å². The maximum absolute atomic E-state index is 11.5. The highest BCUT2D eigenvalue weighted by atomic mass is 32.3. The van der Waals surface area contributed by atoms with E-state index in [0.29, 0.717) is 0 Å². The first kappa shape index (κ1) is 20.9. The Morgan fingerprint density at radius 1 is 1.04 bits per heavy atom. The Labute approximate surface area is 138 Å². The topological polar surface area (TPSA) is 239 Å². The third-order valence-corrected chi connectivity index (χ3v) is 4.37. The zero-order chi connectivity index (χ0) is 19.8. The first-order valence-electron chi connectivity index (χ1n) is 5.77. The fraction of sp³-hybridized carbons (Fsp3) is 0.500. The van der Waals surface area contributed by atoms with Gasteiger partial charge < -0.3 is 10.2 Å². The predicted octanol–water partition coefficient (Wildman–Crippen LogP) is -2.99. The largest absolute Gasteiger partial charge is 0.479 e. The van der Waals surface area contributed by atoms with Gasteiger partial charge in [-0.3, -0.25) is 18.7 Å². The van der Waals surface area contributed by atoms with Crippen LogP contribution >= 0.6 is 0 Å². The molecule has 1 aliphatic rings. The molecule has 1 fully saturated rings. The third-order valence-electron chi connectivity index (χ3n) is 2.70. The number of carboxylic acids is 2. The molecule has 17 heteroatoms. The van der Waals surface area contributed by atoms with Gasteiger partial charge in [0.25, 0.3) is 11.8 Å². The minimum Gasteiger partial charge on any atom is -0.479 e. The molecule has 0 saturated carbocycles. The smallest absolute Gasteiger partial charge is 0.398 e. The Morgan fingerprint density at radius 2 is 1.48 bits per heavy atom. The van der Waals surface area contributed by atoms with Crippen LogP contribution in [0.5, 0.6) is 0 Å². The summed E-state index contributed by atoms with van der Waals surface area (Å²) >= 11 is 0. The highest BCUT2D eigenvalue weighted by Gasteiger charge is 2.67. The number of rotatable bonds is 8. The van der Waals surface area contributed by atoms with E-state index in [1.165, 1.54) is 0 Å². The van der Waals surface area contributed by atoms with Crippen LogP contribution in [-0.4, -0.2) is 76.0 Å². The molecule has 142 valence electrons. The molecule has 1 saturated heterocycles. The van der Waals surface area contributed by atoms with E-state index < -0.39 is 73.2 Å². The van der Waals surface area contributed by atoms with Gasteiger partial charge in [0.15, 0.2) is 0 Å². The molecule has 0 radical (unpaired) electrons. The van der Waals surface area contributed by atoms with E-state index in [4.69, 9.17) is 19.3 Å². The fourth-order valence-corrected chi connectivity index (χ4v) is 3.00. The minimum absolute atomic E-state index is 0.467. The van der Waals surface area contributed by atoms with Gasteiger partial charge in [-0.2, -0.15) is 21.9 Å². The molecule has 4 N–H and O–H groups in total. The second kappa shape index (κ2) is 6.61. The van der Waals surface area contributed by atoms with Crippen LogP contribution < -0.4 is 0 Å². The lowest BCUT2D eigenvalue weighted by molar-refractivity contribution is -0.232. The number of hydrogen-bond acceptors (Lipinski definition) is 10. The summed E-state index contributed by atoms with van der Waals surface area (Å²) in [4.78, 5) is 45.0. The molecule has 15 nitrogen and oxygen atoms in total. The maximum Gasteiger partial charge on any atom is 0.398 e. The van der Waals surface area contributed by atoms with Crippen molar-refractivity contribution in [2.45, 2.75) is 23.9 Å². The quantitative estimate of drug-likeness (QED) is 0.232. The molecule has 25 heavy (non-hydrogen) atoms. The molecule has 0 spiro atoms. The standard InChI is InChI=1S/C8H9NO14S2/c10-3-1-2-4(11)9(3)23-8(7(14)15,24(16,17)18)5(6(12)13)22-25(19,20)21/h5H,1-2H2,(H,12,13)(H,14,15)(H,16,17,18)(H,19,20,21). The van der Waals surface area contributed by atoms with Crippen LogP contribution in [0.25, 0.3) is 0 Å². The maximum atomic E-state index is 11.5. The van der Waals surface area contributed by atoms with Crippen LogP contribution in [0.3, 0.4) is 0 Å². The number of carboxylic acid groups (broad SMARTS) is 2. The molecule has 2 amide bonds. The fourth-order valence-electron chi connectivity index (χ4n) is 1.67. The lowest BCUT2D eigenvalue weighted by Gasteiger charge is -2.31. The van der Waals surface area contributed by atoms with E-state index in [9.17, 15) is 36.0 Å². The second-order valence-corrected chi connectivity index (χ2v) is 6.97. The molecule has 1 aliphatic heterocycles. The van der Waals surface area contributed by atoms with Crippen molar-refractivity contribution in [2.75, 3.05) is 0 Å². The number of carbonyl (C=O) groups is 4. The van der Waals surface area contributed by atoms with E-state index in [-0.39, 0.29) is 0 Å². The Bertz CT molecular complexity index is 811. The normalized spacial score (nSPS) is 19.5. The summed E-state index contributed by atoms with van der Waals surface area (Å²) in [5.41, 5.74) is 0. The molecule has 1 heterocycles. The SMILES string of the molecule is O=C(O)C(OS(=O)(=O)O)C(ON1C(=O)CCC1=O)(C(=O)O)S(=O)(=O)O. The Hall–Kier alpha value is -2.18. The first-order chi connectivity index (χ1) is 11.1. The minimum atomic E-state index is -6.23. The molecular formula is C8H9NO14S2. The van der Waals surface area contributed by atoms with E-state index in [2.05, 4.69) is 9.02 Å². The number of amides is 2. The van der Waals surface area contributed by atoms with Crippen molar-refractivity contribution in [1.82, 2.24) is 5.06 Å². The van der Waals surface area contributed by atoms with Gasteiger partial charge in [0.2, 0.25) is 6.10 Å². The zero-order valence-electron chi connectivity index (χ0n) is 11.6. The van der Waals surface area contributed by atoms with E-state index in [0.717, 1.165) is 0 Å². The van der Waals surface area contributed by atoms with Crippen molar-refractivity contribution in [1.29, 1.82) is 0 Å². The summed E-state index contributed by atoms with van der Waals surface area (Å²) in [6.07, 6.45) is -4.79. The summed E-state index contributed by atoms with van der Waals surface area (Å²) in [6, 6.07) is 0. The van der Waals surface area contributed by atoms with Gasteiger partial charge in [-0.15, -0.1) is 0 Å². The van der Waals surface area contributed by atoms with Gasteiger partial charge in [-0.05, 0) is 0 Å². The van der Waals surface area contributed by atoms with Gasteiger partial charge in [-0.1, -0.05) is 0 Å². The average Bonchev–Trinajstić information content (AvgIpc) is 2.70. The third kappa shape index (κ3) is 4.08. The molecule has 2 unspecified atom stereocenters. The Balaban J connectivity index is 3.66. The highest BCUT2D eigenvalue weighted by molar-refractivity contribution is 7.88. The van der Waals surface area contributed by atoms with Crippen LogP contribution in [-0.2, 0) is 48.7 Å². The Morgan fingerprint density at radius 3 is 1.76 bits per heavy atom. The molecular weight excluding hydrogens is 398 g/mol. The number of nitrogens with zero attached hydrogens (tertiary/aromatic N) is 1. The van der Waals surface area contributed by atoms with Crippen LogP contribution in [0.4, 0.5) is 0 Å². The van der Waals surface area contributed by atoms with Crippen molar-refractivity contribution in [3.05, 3.63) is 0 Å². The van der Waals surface area contributed by atoms with Crippen molar-refractivity contribution in [3.8, 4) is 0 Å². The van der Waals surface area contributed by atoms with Crippen LogP contribution in [0.1, 0.15) is 12.8 Å². The summed E-state index contributed by atoms with van der Waals surface area (Å²) in [7, 11) is -12.0. The predicted molar refractivity (Wildman–Crippen MR) is 68.1 cm³/mol. The Kier molecular flexibility index (Phi) is 5.52. The number of imide groups is 1. The number of aliphatic carboxylic acids is 2. The zero-order valence-corrected chi connectivity index (χ0v) is 13.3. The number of carbonyl (C=O) groups excluding carboxylic acids is 2. The monoisotopic (exact) mass is 407 g/mol. The molecule has 2 atom stereocenters. The number of hydroxylamine groups is 2. The summed E-state index contributed by atoms with van der Waals surface area (Å²) < 4.78 is 65.6. The molecule has 0 aromatic rings. The van der Waals surface area contributed by atoms with Crippen molar-refractivity contribution >= 4 is 44.3 Å². The first-order valence-corrected chi connectivity index (χ1v) is 8.58. The van der Waals surface area contributed by atoms with Gasteiger partial charge in [0.1, 0.15) is 0 Å². The average molecular weight is 407 g/mol. The van der Waals surface area contributed by atoms with Crippen LogP contribution in [0.15, 0.2) is 0 Å². The van der Waals surface area contributed by atoms with Crippen molar-refractivity contribution in [2.24, 2.45) is 0 Å². The molecule has 0 aliphatic carbocycles. The molecule has 0 aromatic carbocycles. The van der Waals surface area contributed by atoms with Gasteiger partial charge in [0.05, 0.1) is 0 Å². The summed E-state index contributed by atoms with van der Waals surface area (Å²) in [5, 5.41) is 17.5. The van der Waals surface area contributed by atoms with Gasteiger partial charge in [0, 0.05) is 12.8 Å². The van der Waals surface area contributed by atoms with Gasteiger partial charge in [-0.25, -0.2) is 18.6 Å². The van der Waals surface area contributed by atoms with Crippen molar-refractivity contribution in [3.63, 3.8) is 0 Å². The van der Waals surface area contributed by atoms with Crippen LogP contribution in [0.2, 0.25) is 0 Å². The summed E-state index contributed by atoms with van der Waals surface area (Å²) in [5.74, 6) is -8.14. The lowest BCUT2D eigenvalue weighted by atomic mass is 10.2. The van der Waals surface area contributed by atoms with E-state index in [1.807, 2.05) is 0 Å². The highest BCUT2D eigenvalue weighted by Crippen LogP contribution is 2.31. The van der Waals surface area contributed by atoms with E-state index >= 15 is 0 Å². The lowest BCUT2D eigenvalue weighted by Crippen LogP contribution is -2.64. The molecule has 0 bridgehead atoms. The molecule has 1 rings (SSSR count). The second-order valence-electron chi connectivity index (χ2n) is 4.36. The molecule has 0 aromatic heterocycles. The summed E-state index contributed by atoms with van der Waals surface area (Å²) in [6.45, 7) is 0. The number of hydrogen-bond donors (Lipinski definition) is 4.